The summed E-state index contributed by atoms with van der Waals surface area (Å²) in [7, 11) is 0. The topological polar surface area (TPSA) is 67.0 Å². The second-order valence-corrected chi connectivity index (χ2v) is 8.83. The minimum Gasteiger partial charge on any atom is -0.455 e. The highest BCUT2D eigenvalue weighted by Crippen LogP contribution is 2.25. The molecule has 29 heavy (non-hydrogen) atoms. The lowest BCUT2D eigenvalue weighted by molar-refractivity contribution is -0.118. The molecule has 1 saturated heterocycles. The van der Waals surface area contributed by atoms with Crippen molar-refractivity contribution in [3.05, 3.63) is 81.5 Å². The molecule has 0 radical (unpaired) electrons. The summed E-state index contributed by atoms with van der Waals surface area (Å²) in [5.74, 6) is 1.23. The minimum absolute atomic E-state index is 0.0603. The van der Waals surface area contributed by atoms with Crippen LogP contribution >= 0.6 is 39.3 Å². The van der Waals surface area contributed by atoms with Gasteiger partial charge in [0.2, 0.25) is 5.91 Å². The fraction of sp³-hybridized carbons (Fsp3) is 0.0952. The third kappa shape index (κ3) is 5.18. The highest BCUT2D eigenvalue weighted by atomic mass is 79.9. The van der Waals surface area contributed by atoms with E-state index in [-0.39, 0.29) is 11.2 Å². The molecule has 0 saturated carbocycles. The molecule has 0 bridgehead atoms. The van der Waals surface area contributed by atoms with Gasteiger partial charge >= 0.3 is 0 Å². The molecule has 1 fully saturated rings. The molecule has 1 atom stereocenters. The normalized spacial score (nSPS) is 17.9. The van der Waals surface area contributed by atoms with Gasteiger partial charge in [-0.1, -0.05) is 51.4 Å². The maximum Gasteiger partial charge on any atom is 0.239 e. The molecule has 2 aromatic carbocycles. The number of hydrogen-bond donors (Lipinski definition) is 1. The van der Waals surface area contributed by atoms with Gasteiger partial charge in [0.15, 0.2) is 5.17 Å². The Balaban J connectivity index is 1.38. The first kappa shape index (κ1) is 19.9. The molecule has 1 aliphatic rings. The number of carbonyl (C=O) groups excluding carboxylic acids is 1. The van der Waals surface area contributed by atoms with Gasteiger partial charge in [0.1, 0.15) is 11.5 Å². The van der Waals surface area contributed by atoms with Gasteiger partial charge < -0.3 is 9.73 Å². The Labute approximate surface area is 185 Å². The van der Waals surface area contributed by atoms with Crippen LogP contribution in [0, 0.1) is 0 Å². The van der Waals surface area contributed by atoms with E-state index in [2.05, 4.69) is 31.4 Å². The Bertz CT molecular complexity index is 1080. The number of rotatable bonds is 5. The molecule has 3 aromatic rings. The molecular weight excluding hydrogens is 474 g/mol. The summed E-state index contributed by atoms with van der Waals surface area (Å²) in [6, 6.07) is 19.0. The molecule has 146 valence electrons. The Morgan fingerprint density at radius 3 is 2.62 bits per heavy atom. The average molecular weight is 489 g/mol. The van der Waals surface area contributed by atoms with Crippen LogP contribution in [0.15, 0.2) is 79.8 Å². The maximum atomic E-state index is 12.2. The van der Waals surface area contributed by atoms with Crippen LogP contribution in [0.4, 0.5) is 0 Å². The number of furan rings is 1. The molecular formula is C21H15BrClN3O2S. The van der Waals surface area contributed by atoms with Crippen molar-refractivity contribution in [3.63, 3.8) is 0 Å². The average Bonchev–Trinajstić information content (AvgIpc) is 3.31. The number of nitrogens with zero attached hydrogens (tertiary/aromatic N) is 2. The smallest absolute Gasteiger partial charge is 0.239 e. The zero-order valence-electron chi connectivity index (χ0n) is 15.0. The van der Waals surface area contributed by atoms with Gasteiger partial charge in [-0.05, 0) is 60.5 Å². The molecule has 1 N–H and O–H groups in total. The van der Waals surface area contributed by atoms with Crippen LogP contribution in [0.2, 0.25) is 5.02 Å². The largest absolute Gasteiger partial charge is 0.455 e. The summed E-state index contributed by atoms with van der Waals surface area (Å²) in [5.41, 5.74) is 2.02. The lowest BCUT2D eigenvalue weighted by Gasteiger charge is -2.05. The monoisotopic (exact) mass is 487 g/mol. The standard InChI is InChI=1S/C21H15BrClN3O2S/c22-15-5-1-13(2-6-15)11-19-20(27)25-21(29-19)26-24-12-17-9-10-18(28-17)14-3-7-16(23)8-4-14/h1-10,12,19H,11H2,(H,25,26,27)/b24-12-/t19-/m0/s1. The number of nitrogens with one attached hydrogen (secondary N) is 1. The van der Waals surface area contributed by atoms with Gasteiger partial charge in [-0.15, -0.1) is 5.10 Å². The van der Waals surface area contributed by atoms with Crippen LogP contribution in [0.5, 0.6) is 0 Å². The van der Waals surface area contributed by atoms with E-state index < -0.39 is 0 Å². The minimum atomic E-state index is -0.217. The van der Waals surface area contributed by atoms with Crippen molar-refractivity contribution in [3.8, 4) is 11.3 Å². The first-order chi connectivity index (χ1) is 14.1. The highest BCUT2D eigenvalue weighted by Gasteiger charge is 2.30. The summed E-state index contributed by atoms with van der Waals surface area (Å²) in [4.78, 5) is 12.2. The number of amides is 1. The number of hydrogen-bond acceptors (Lipinski definition) is 5. The van der Waals surface area contributed by atoms with Crippen LogP contribution in [-0.2, 0) is 11.2 Å². The summed E-state index contributed by atoms with van der Waals surface area (Å²) >= 11 is 10.7. The van der Waals surface area contributed by atoms with Crippen molar-refractivity contribution < 1.29 is 9.21 Å². The Morgan fingerprint density at radius 1 is 1.10 bits per heavy atom. The number of carbonyl (C=O) groups is 1. The van der Waals surface area contributed by atoms with Gasteiger partial charge in [0.05, 0.1) is 11.5 Å². The zero-order valence-corrected chi connectivity index (χ0v) is 18.2. The number of amidine groups is 1. The number of thioether (sulfide) groups is 1. The summed E-state index contributed by atoms with van der Waals surface area (Å²) in [6.45, 7) is 0. The Hall–Kier alpha value is -2.35. The van der Waals surface area contributed by atoms with Crippen LogP contribution in [0.3, 0.4) is 0 Å². The van der Waals surface area contributed by atoms with E-state index in [1.54, 1.807) is 0 Å². The predicted octanol–water partition coefficient (Wildman–Crippen LogP) is 5.53. The molecule has 4 rings (SSSR count). The van der Waals surface area contributed by atoms with Gasteiger partial charge in [-0.2, -0.15) is 5.10 Å². The number of halogens is 2. The quantitative estimate of drug-likeness (QED) is 0.379. The van der Waals surface area contributed by atoms with Crippen LogP contribution < -0.4 is 5.32 Å². The molecule has 1 aliphatic heterocycles. The van der Waals surface area contributed by atoms with E-state index >= 15 is 0 Å². The molecule has 5 nitrogen and oxygen atoms in total. The Morgan fingerprint density at radius 2 is 1.86 bits per heavy atom. The third-order valence-electron chi connectivity index (χ3n) is 4.20. The van der Waals surface area contributed by atoms with E-state index in [0.29, 0.717) is 28.1 Å². The fourth-order valence-corrected chi connectivity index (χ4v) is 4.11. The summed E-state index contributed by atoms with van der Waals surface area (Å²) < 4.78 is 6.76. The van der Waals surface area contributed by atoms with Gasteiger partial charge in [-0.25, -0.2) is 0 Å². The molecule has 2 heterocycles. The van der Waals surface area contributed by atoms with Crippen molar-refractivity contribution in [2.45, 2.75) is 11.7 Å². The SMILES string of the molecule is O=C1N/C(=N\N=C/c2ccc(-c3ccc(Cl)cc3)o2)S[C@H]1Cc1ccc(Br)cc1. The number of benzene rings is 2. The van der Waals surface area contributed by atoms with Gasteiger partial charge in [-0.3, -0.25) is 4.79 Å². The zero-order chi connectivity index (χ0) is 20.2. The lowest BCUT2D eigenvalue weighted by Crippen LogP contribution is -2.25. The van der Waals surface area contributed by atoms with E-state index in [1.807, 2.05) is 60.7 Å². The lowest BCUT2D eigenvalue weighted by atomic mass is 10.1. The molecule has 0 aliphatic carbocycles. The fourth-order valence-electron chi connectivity index (χ4n) is 2.75. The second-order valence-electron chi connectivity index (χ2n) is 6.28. The second kappa shape index (κ2) is 8.98. The first-order valence-electron chi connectivity index (χ1n) is 8.75. The molecule has 1 aromatic heterocycles. The van der Waals surface area contributed by atoms with Crippen molar-refractivity contribution in [1.82, 2.24) is 5.32 Å². The highest BCUT2D eigenvalue weighted by molar-refractivity contribution is 9.10. The summed E-state index contributed by atoms with van der Waals surface area (Å²) in [5, 5.41) is 11.8. The first-order valence-corrected chi connectivity index (χ1v) is 10.8. The molecule has 8 heteroatoms. The molecule has 0 spiro atoms. The van der Waals surface area contributed by atoms with Crippen molar-refractivity contribution in [2.24, 2.45) is 10.2 Å². The van der Waals surface area contributed by atoms with E-state index in [0.717, 1.165) is 15.6 Å². The van der Waals surface area contributed by atoms with Crippen LogP contribution in [0.25, 0.3) is 11.3 Å². The van der Waals surface area contributed by atoms with Crippen LogP contribution in [0.1, 0.15) is 11.3 Å². The Kier molecular flexibility index (Phi) is 6.18. The van der Waals surface area contributed by atoms with E-state index in [1.165, 1.54) is 18.0 Å². The van der Waals surface area contributed by atoms with Crippen molar-refractivity contribution in [1.29, 1.82) is 0 Å². The van der Waals surface area contributed by atoms with Crippen molar-refractivity contribution >= 4 is 56.6 Å². The maximum absolute atomic E-state index is 12.2. The van der Waals surface area contributed by atoms with Crippen molar-refractivity contribution in [2.75, 3.05) is 0 Å². The van der Waals surface area contributed by atoms with Gasteiger partial charge in [0, 0.05) is 15.1 Å². The summed E-state index contributed by atoms with van der Waals surface area (Å²) in [6.07, 6.45) is 2.15. The third-order valence-corrected chi connectivity index (χ3v) is 6.05. The van der Waals surface area contributed by atoms with E-state index in [9.17, 15) is 4.79 Å². The molecule has 1 amide bonds. The van der Waals surface area contributed by atoms with Crippen LogP contribution in [-0.4, -0.2) is 22.5 Å². The van der Waals surface area contributed by atoms with Gasteiger partial charge in [0.25, 0.3) is 0 Å². The molecule has 0 unspecified atom stereocenters. The predicted molar refractivity (Wildman–Crippen MR) is 122 cm³/mol. The van der Waals surface area contributed by atoms with E-state index in [4.69, 9.17) is 16.0 Å².